The van der Waals surface area contributed by atoms with Crippen LogP contribution in [0.15, 0.2) is 22.7 Å². The van der Waals surface area contributed by atoms with Crippen molar-refractivity contribution < 1.29 is 9.31 Å². The van der Waals surface area contributed by atoms with E-state index in [1.54, 1.807) is 0 Å². The van der Waals surface area contributed by atoms with Crippen LogP contribution < -0.4 is 0 Å². The highest BCUT2D eigenvalue weighted by Crippen LogP contribution is 2.33. The molecule has 2 rings (SSSR count). The number of benzene rings is 1. The van der Waals surface area contributed by atoms with Gasteiger partial charge >= 0.3 is 0 Å². The van der Waals surface area contributed by atoms with E-state index in [9.17, 15) is 14.5 Å². The topological polar surface area (TPSA) is 56.0 Å². The lowest BCUT2D eigenvalue weighted by Gasteiger charge is -2.03. The summed E-state index contributed by atoms with van der Waals surface area (Å²) in [5.41, 5.74) is -0.195. The van der Waals surface area contributed by atoms with Crippen LogP contribution in [0.25, 0.3) is 10.9 Å². The average Bonchev–Trinajstić information content (AvgIpc) is 2.23. The van der Waals surface area contributed by atoms with E-state index in [-0.39, 0.29) is 26.2 Å². The lowest BCUT2D eigenvalue weighted by atomic mass is 10.2. The zero-order valence-corrected chi connectivity index (χ0v) is 9.92. The SMILES string of the molecule is O=[N+]([O-])c1cc(F)c(Br)c2nc(Cl)ccc12. The van der Waals surface area contributed by atoms with Gasteiger partial charge in [-0.15, -0.1) is 0 Å². The molecule has 0 bridgehead atoms. The van der Waals surface area contributed by atoms with E-state index >= 15 is 0 Å². The lowest BCUT2D eigenvalue weighted by Crippen LogP contribution is -1.94. The normalized spacial score (nSPS) is 10.7. The minimum absolute atomic E-state index is 0.0654. The molecule has 0 aliphatic heterocycles. The van der Waals surface area contributed by atoms with Crippen LogP contribution in [0.3, 0.4) is 0 Å². The van der Waals surface area contributed by atoms with Gasteiger partial charge in [-0.05, 0) is 28.1 Å². The molecule has 0 amide bonds. The van der Waals surface area contributed by atoms with E-state index in [2.05, 4.69) is 20.9 Å². The summed E-state index contributed by atoms with van der Waals surface area (Å²) in [7, 11) is 0. The Balaban J connectivity index is 2.95. The first-order valence-corrected chi connectivity index (χ1v) is 5.26. The summed E-state index contributed by atoms with van der Waals surface area (Å²) < 4.78 is 13.4. The van der Waals surface area contributed by atoms with Crippen molar-refractivity contribution in [1.29, 1.82) is 0 Å². The Hall–Kier alpha value is -1.27. The predicted octanol–water partition coefficient (Wildman–Crippen LogP) is 3.70. The van der Waals surface area contributed by atoms with Crippen molar-refractivity contribution >= 4 is 44.1 Å². The molecule has 0 saturated heterocycles. The second-order valence-electron chi connectivity index (χ2n) is 2.98. The Morgan fingerprint density at radius 2 is 2.19 bits per heavy atom. The van der Waals surface area contributed by atoms with Gasteiger partial charge < -0.3 is 0 Å². The van der Waals surface area contributed by atoms with Crippen molar-refractivity contribution in [3.8, 4) is 0 Å². The van der Waals surface area contributed by atoms with Gasteiger partial charge in [-0.3, -0.25) is 10.1 Å². The minimum atomic E-state index is -0.742. The van der Waals surface area contributed by atoms with E-state index < -0.39 is 10.7 Å². The van der Waals surface area contributed by atoms with Gasteiger partial charge in [-0.1, -0.05) is 11.6 Å². The first-order valence-electron chi connectivity index (χ1n) is 4.09. The molecule has 0 radical (unpaired) electrons. The van der Waals surface area contributed by atoms with Crippen LogP contribution in [-0.2, 0) is 0 Å². The number of halogens is 3. The van der Waals surface area contributed by atoms with Crippen molar-refractivity contribution in [1.82, 2.24) is 4.98 Å². The molecular formula is C9H3BrClFN2O2. The largest absolute Gasteiger partial charge is 0.281 e. The molecule has 0 atom stereocenters. The molecule has 0 N–H and O–H groups in total. The van der Waals surface area contributed by atoms with Crippen molar-refractivity contribution in [2.75, 3.05) is 0 Å². The average molecular weight is 305 g/mol. The number of nitro groups is 1. The second kappa shape index (κ2) is 3.95. The molecule has 4 nitrogen and oxygen atoms in total. The van der Waals surface area contributed by atoms with Gasteiger partial charge in [0, 0.05) is 0 Å². The first kappa shape index (κ1) is 11.2. The third kappa shape index (κ3) is 1.74. The Morgan fingerprint density at radius 1 is 1.50 bits per heavy atom. The first-order chi connectivity index (χ1) is 7.50. The van der Waals surface area contributed by atoms with Gasteiger partial charge in [0.1, 0.15) is 11.0 Å². The number of hydrogen-bond acceptors (Lipinski definition) is 3. The van der Waals surface area contributed by atoms with Crippen LogP contribution in [0.5, 0.6) is 0 Å². The molecule has 7 heteroatoms. The van der Waals surface area contributed by atoms with E-state index in [0.29, 0.717) is 0 Å². The molecule has 0 fully saturated rings. The Morgan fingerprint density at radius 3 is 2.81 bits per heavy atom. The molecule has 0 saturated carbocycles. The molecule has 16 heavy (non-hydrogen) atoms. The Labute approximate surface area is 102 Å². The number of nitrogens with zero attached hydrogens (tertiary/aromatic N) is 2. The van der Waals surface area contributed by atoms with Gasteiger partial charge in [0.25, 0.3) is 5.69 Å². The zero-order valence-electron chi connectivity index (χ0n) is 7.58. The molecule has 2 aromatic rings. The monoisotopic (exact) mass is 304 g/mol. The Bertz CT molecular complexity index is 606. The van der Waals surface area contributed by atoms with E-state index in [1.807, 2.05) is 0 Å². The van der Waals surface area contributed by atoms with Gasteiger partial charge in [-0.2, -0.15) is 0 Å². The number of non-ortho nitro benzene ring substituents is 1. The second-order valence-corrected chi connectivity index (χ2v) is 4.16. The van der Waals surface area contributed by atoms with Crippen LogP contribution in [-0.4, -0.2) is 9.91 Å². The van der Waals surface area contributed by atoms with Crippen LogP contribution in [0.4, 0.5) is 10.1 Å². The van der Waals surface area contributed by atoms with E-state index in [4.69, 9.17) is 11.6 Å². The molecule has 1 aromatic heterocycles. The lowest BCUT2D eigenvalue weighted by molar-refractivity contribution is -0.383. The molecule has 0 unspecified atom stereocenters. The van der Waals surface area contributed by atoms with Crippen molar-refractivity contribution in [2.45, 2.75) is 0 Å². The highest BCUT2D eigenvalue weighted by atomic mass is 79.9. The maximum Gasteiger partial charge on any atom is 0.281 e. The smallest absolute Gasteiger partial charge is 0.258 e. The standard InChI is InChI=1S/C9H3BrClFN2O2/c10-8-5(12)3-6(14(15)16)4-1-2-7(11)13-9(4)8/h1-3H. The van der Waals surface area contributed by atoms with Gasteiger partial charge in [0.2, 0.25) is 0 Å². The summed E-state index contributed by atoms with van der Waals surface area (Å²) in [6.45, 7) is 0. The van der Waals surface area contributed by atoms with Crippen molar-refractivity contribution in [2.24, 2.45) is 0 Å². The number of nitro benzene ring substituents is 1. The fraction of sp³-hybridized carbons (Fsp3) is 0. The zero-order chi connectivity index (χ0) is 11.9. The van der Waals surface area contributed by atoms with Gasteiger partial charge in [-0.25, -0.2) is 9.37 Å². The summed E-state index contributed by atoms with van der Waals surface area (Å²) >= 11 is 8.63. The number of pyridine rings is 1. The molecule has 0 aliphatic carbocycles. The highest BCUT2D eigenvalue weighted by molar-refractivity contribution is 9.10. The van der Waals surface area contributed by atoms with Crippen molar-refractivity contribution in [3.63, 3.8) is 0 Å². The molecule has 0 spiro atoms. The summed E-state index contributed by atoms with van der Waals surface area (Å²) in [4.78, 5) is 13.9. The predicted molar refractivity (Wildman–Crippen MR) is 61.1 cm³/mol. The maximum absolute atomic E-state index is 13.4. The van der Waals surface area contributed by atoms with Crippen LogP contribution in [0.1, 0.15) is 0 Å². The van der Waals surface area contributed by atoms with Crippen LogP contribution in [0, 0.1) is 15.9 Å². The fourth-order valence-electron chi connectivity index (χ4n) is 1.33. The van der Waals surface area contributed by atoms with E-state index in [0.717, 1.165) is 6.07 Å². The van der Waals surface area contributed by atoms with Gasteiger partial charge in [0.15, 0.2) is 0 Å². The van der Waals surface area contributed by atoms with Crippen LogP contribution >= 0.6 is 27.5 Å². The fourth-order valence-corrected chi connectivity index (χ4v) is 1.90. The number of aromatic nitrogens is 1. The molecule has 0 aliphatic rings. The third-order valence-electron chi connectivity index (χ3n) is 2.01. The third-order valence-corrected chi connectivity index (χ3v) is 2.98. The Kier molecular flexibility index (Phi) is 2.77. The van der Waals surface area contributed by atoms with Crippen LogP contribution in [0.2, 0.25) is 5.15 Å². The highest BCUT2D eigenvalue weighted by Gasteiger charge is 2.19. The summed E-state index contributed by atoms with van der Waals surface area (Å²) in [5, 5.41) is 11.1. The number of hydrogen-bond donors (Lipinski definition) is 0. The molecule has 1 aromatic carbocycles. The van der Waals surface area contributed by atoms with Crippen molar-refractivity contribution in [3.05, 3.63) is 43.8 Å². The molecule has 1 heterocycles. The summed E-state index contributed by atoms with van der Waals surface area (Å²) in [6.07, 6.45) is 0. The number of rotatable bonds is 1. The summed E-state index contributed by atoms with van der Waals surface area (Å²) in [5.74, 6) is -0.742. The number of fused-ring (bicyclic) bond motifs is 1. The molecule has 82 valence electrons. The maximum atomic E-state index is 13.4. The molecular weight excluding hydrogens is 302 g/mol. The minimum Gasteiger partial charge on any atom is -0.258 e. The van der Waals surface area contributed by atoms with Gasteiger partial charge in [0.05, 0.1) is 26.4 Å². The summed E-state index contributed by atoms with van der Waals surface area (Å²) in [6, 6.07) is 3.70. The quantitative estimate of drug-likeness (QED) is 0.458. The van der Waals surface area contributed by atoms with E-state index in [1.165, 1.54) is 12.1 Å².